The minimum absolute atomic E-state index is 0.00319. The normalized spacial score (nSPS) is 12.2. The summed E-state index contributed by atoms with van der Waals surface area (Å²) in [6, 6.07) is 5.27. The van der Waals surface area contributed by atoms with E-state index in [0.717, 1.165) is 12.0 Å². The van der Waals surface area contributed by atoms with E-state index in [-0.39, 0.29) is 11.9 Å². The van der Waals surface area contributed by atoms with Gasteiger partial charge in [0, 0.05) is 23.2 Å². The Morgan fingerprint density at radius 1 is 1.56 bits per heavy atom. The quantitative estimate of drug-likeness (QED) is 0.847. The van der Waals surface area contributed by atoms with Crippen molar-refractivity contribution in [3.63, 3.8) is 0 Å². The summed E-state index contributed by atoms with van der Waals surface area (Å²) in [6.45, 7) is 4.35. The molecule has 0 heterocycles. The highest BCUT2D eigenvalue weighted by Gasteiger charge is 2.10. The summed E-state index contributed by atoms with van der Waals surface area (Å²) in [5.41, 5.74) is 7.24. The predicted molar refractivity (Wildman–Crippen MR) is 66.8 cm³/mol. The molecule has 1 amide bonds. The first-order chi connectivity index (χ1) is 7.54. The SMILES string of the molecule is CCC(N)CNC(=O)c1cc(Cl)ccc1C. The van der Waals surface area contributed by atoms with Crippen LogP contribution in [-0.4, -0.2) is 18.5 Å². The Kier molecular flexibility index (Phi) is 4.77. The molecule has 88 valence electrons. The van der Waals surface area contributed by atoms with Gasteiger partial charge in [0.05, 0.1) is 0 Å². The zero-order chi connectivity index (χ0) is 12.1. The van der Waals surface area contributed by atoms with Crippen molar-refractivity contribution >= 4 is 17.5 Å². The maximum absolute atomic E-state index is 11.8. The van der Waals surface area contributed by atoms with Crippen LogP contribution in [0.25, 0.3) is 0 Å². The maximum atomic E-state index is 11.8. The lowest BCUT2D eigenvalue weighted by atomic mass is 10.1. The standard InChI is InChI=1S/C12H17ClN2O/c1-3-10(14)7-15-12(16)11-6-9(13)5-4-8(11)2/h4-6,10H,3,7,14H2,1-2H3,(H,15,16). The van der Waals surface area contributed by atoms with Gasteiger partial charge >= 0.3 is 0 Å². The number of amides is 1. The van der Waals surface area contributed by atoms with Crippen molar-refractivity contribution < 1.29 is 4.79 Å². The van der Waals surface area contributed by atoms with Crippen LogP contribution in [0.3, 0.4) is 0 Å². The highest BCUT2D eigenvalue weighted by molar-refractivity contribution is 6.31. The van der Waals surface area contributed by atoms with E-state index in [1.165, 1.54) is 0 Å². The minimum Gasteiger partial charge on any atom is -0.350 e. The molecule has 1 rings (SSSR count). The fourth-order valence-electron chi connectivity index (χ4n) is 1.30. The molecule has 0 aliphatic rings. The van der Waals surface area contributed by atoms with Crippen molar-refractivity contribution in [2.45, 2.75) is 26.3 Å². The highest BCUT2D eigenvalue weighted by Crippen LogP contribution is 2.15. The molecule has 0 radical (unpaired) electrons. The second kappa shape index (κ2) is 5.87. The zero-order valence-corrected chi connectivity index (χ0v) is 10.3. The van der Waals surface area contributed by atoms with E-state index in [1.54, 1.807) is 12.1 Å². The molecule has 0 fully saturated rings. The summed E-state index contributed by atoms with van der Waals surface area (Å²) in [7, 11) is 0. The predicted octanol–water partition coefficient (Wildman–Crippen LogP) is 2.12. The molecule has 1 aromatic carbocycles. The van der Waals surface area contributed by atoms with Crippen LogP contribution in [0.5, 0.6) is 0 Å². The zero-order valence-electron chi connectivity index (χ0n) is 9.59. The number of nitrogens with one attached hydrogen (secondary N) is 1. The van der Waals surface area contributed by atoms with Crippen LogP contribution in [0, 0.1) is 6.92 Å². The van der Waals surface area contributed by atoms with Crippen molar-refractivity contribution in [1.82, 2.24) is 5.32 Å². The molecule has 0 saturated heterocycles. The van der Waals surface area contributed by atoms with Gasteiger partial charge in [-0.2, -0.15) is 0 Å². The summed E-state index contributed by atoms with van der Waals surface area (Å²) in [5, 5.41) is 3.36. The number of aryl methyl sites for hydroxylation is 1. The summed E-state index contributed by atoms with van der Waals surface area (Å²) >= 11 is 5.85. The van der Waals surface area contributed by atoms with E-state index >= 15 is 0 Å². The van der Waals surface area contributed by atoms with Gasteiger partial charge in [0.2, 0.25) is 0 Å². The molecular weight excluding hydrogens is 224 g/mol. The van der Waals surface area contributed by atoms with Crippen LogP contribution in [0.15, 0.2) is 18.2 Å². The lowest BCUT2D eigenvalue weighted by molar-refractivity contribution is 0.0950. The molecule has 1 unspecified atom stereocenters. The van der Waals surface area contributed by atoms with Gasteiger partial charge in [-0.15, -0.1) is 0 Å². The van der Waals surface area contributed by atoms with Gasteiger partial charge < -0.3 is 11.1 Å². The van der Waals surface area contributed by atoms with Crippen LogP contribution >= 0.6 is 11.6 Å². The van der Waals surface area contributed by atoms with E-state index < -0.39 is 0 Å². The van der Waals surface area contributed by atoms with Gasteiger partial charge in [-0.3, -0.25) is 4.79 Å². The Morgan fingerprint density at radius 2 is 2.25 bits per heavy atom. The molecular formula is C12H17ClN2O. The Labute approximate surface area is 101 Å². The van der Waals surface area contributed by atoms with E-state index in [2.05, 4.69) is 5.32 Å². The van der Waals surface area contributed by atoms with Gasteiger partial charge in [-0.1, -0.05) is 24.6 Å². The molecule has 16 heavy (non-hydrogen) atoms. The minimum atomic E-state index is -0.121. The molecule has 3 N–H and O–H groups in total. The van der Waals surface area contributed by atoms with Crippen molar-refractivity contribution in [2.75, 3.05) is 6.54 Å². The van der Waals surface area contributed by atoms with Crippen LogP contribution < -0.4 is 11.1 Å². The van der Waals surface area contributed by atoms with Crippen molar-refractivity contribution in [1.29, 1.82) is 0 Å². The summed E-state index contributed by atoms with van der Waals surface area (Å²) in [5.74, 6) is -0.121. The third-order valence-corrected chi connectivity index (χ3v) is 2.73. The number of halogens is 1. The number of benzene rings is 1. The third kappa shape index (κ3) is 3.51. The van der Waals surface area contributed by atoms with Gasteiger partial charge in [-0.25, -0.2) is 0 Å². The second-order valence-electron chi connectivity index (χ2n) is 3.84. The Hall–Kier alpha value is -1.06. The first-order valence-corrected chi connectivity index (χ1v) is 5.72. The van der Waals surface area contributed by atoms with Crippen LogP contribution in [0.1, 0.15) is 29.3 Å². The molecule has 0 spiro atoms. The topological polar surface area (TPSA) is 55.1 Å². The third-order valence-electron chi connectivity index (χ3n) is 2.49. The molecule has 0 bridgehead atoms. The summed E-state index contributed by atoms with van der Waals surface area (Å²) in [6.07, 6.45) is 0.842. The van der Waals surface area contributed by atoms with E-state index in [9.17, 15) is 4.79 Å². The average molecular weight is 241 g/mol. The summed E-state index contributed by atoms with van der Waals surface area (Å²) < 4.78 is 0. The lowest BCUT2D eigenvalue weighted by Gasteiger charge is -2.11. The monoisotopic (exact) mass is 240 g/mol. The average Bonchev–Trinajstić information content (AvgIpc) is 2.28. The van der Waals surface area contributed by atoms with E-state index in [4.69, 9.17) is 17.3 Å². The van der Waals surface area contributed by atoms with Crippen molar-refractivity contribution in [3.05, 3.63) is 34.3 Å². The summed E-state index contributed by atoms with van der Waals surface area (Å²) in [4.78, 5) is 11.8. The van der Waals surface area contributed by atoms with Crippen LogP contribution in [0.4, 0.5) is 0 Å². The molecule has 0 saturated carbocycles. The fourth-order valence-corrected chi connectivity index (χ4v) is 1.47. The van der Waals surface area contributed by atoms with Gasteiger partial charge in [0.25, 0.3) is 5.91 Å². The Morgan fingerprint density at radius 3 is 2.88 bits per heavy atom. The fraction of sp³-hybridized carbons (Fsp3) is 0.417. The lowest BCUT2D eigenvalue weighted by Crippen LogP contribution is -2.36. The first kappa shape index (κ1) is 13.0. The highest BCUT2D eigenvalue weighted by atomic mass is 35.5. The number of rotatable bonds is 4. The molecule has 1 atom stereocenters. The number of carbonyl (C=O) groups is 1. The maximum Gasteiger partial charge on any atom is 0.251 e. The first-order valence-electron chi connectivity index (χ1n) is 5.34. The number of hydrogen-bond acceptors (Lipinski definition) is 2. The molecule has 3 nitrogen and oxygen atoms in total. The van der Waals surface area contributed by atoms with Crippen molar-refractivity contribution in [2.24, 2.45) is 5.73 Å². The molecule has 4 heteroatoms. The van der Waals surface area contributed by atoms with E-state index in [1.807, 2.05) is 19.9 Å². The number of nitrogens with two attached hydrogens (primary N) is 1. The number of carbonyl (C=O) groups excluding carboxylic acids is 1. The second-order valence-corrected chi connectivity index (χ2v) is 4.27. The molecule has 0 aromatic heterocycles. The van der Waals surface area contributed by atoms with Gasteiger partial charge in [-0.05, 0) is 31.0 Å². The Bertz CT molecular complexity index is 379. The van der Waals surface area contributed by atoms with Crippen LogP contribution in [0.2, 0.25) is 5.02 Å². The van der Waals surface area contributed by atoms with Crippen LogP contribution in [-0.2, 0) is 0 Å². The molecule has 0 aliphatic carbocycles. The van der Waals surface area contributed by atoms with Crippen molar-refractivity contribution in [3.8, 4) is 0 Å². The smallest absolute Gasteiger partial charge is 0.251 e. The van der Waals surface area contributed by atoms with Gasteiger partial charge in [0.15, 0.2) is 0 Å². The molecule has 0 aliphatic heterocycles. The Balaban J connectivity index is 2.69. The van der Waals surface area contributed by atoms with Gasteiger partial charge in [0.1, 0.15) is 0 Å². The van der Waals surface area contributed by atoms with E-state index in [0.29, 0.717) is 17.1 Å². The molecule has 1 aromatic rings. The largest absolute Gasteiger partial charge is 0.350 e. The number of hydrogen-bond donors (Lipinski definition) is 2.